The Morgan fingerprint density at radius 3 is 2.64 bits per heavy atom. The third-order valence-corrected chi connectivity index (χ3v) is 4.51. The van der Waals surface area contributed by atoms with E-state index in [9.17, 15) is 9.90 Å². The lowest BCUT2D eigenvalue weighted by Crippen LogP contribution is -2.38. The van der Waals surface area contributed by atoms with E-state index in [2.05, 4.69) is 41.8 Å². The number of carboxylic acid groups (broad SMARTS) is 1. The highest BCUT2D eigenvalue weighted by Gasteiger charge is 2.19. The first-order valence-electron chi connectivity index (χ1n) is 8.24. The van der Waals surface area contributed by atoms with Crippen molar-refractivity contribution in [1.29, 1.82) is 0 Å². The molecular formula is C18H28N2O2. The van der Waals surface area contributed by atoms with E-state index in [1.165, 1.54) is 42.7 Å². The fraction of sp³-hybridized carbons (Fsp3) is 0.611. The van der Waals surface area contributed by atoms with Crippen molar-refractivity contribution in [3.05, 3.63) is 29.3 Å². The van der Waals surface area contributed by atoms with Gasteiger partial charge in [0.2, 0.25) is 0 Å². The summed E-state index contributed by atoms with van der Waals surface area (Å²) in [6.07, 6.45) is 2.57. The lowest BCUT2D eigenvalue weighted by Gasteiger charge is -2.30. The molecule has 0 aliphatic carbocycles. The monoisotopic (exact) mass is 304 g/mol. The maximum absolute atomic E-state index is 11.2. The Hall–Kier alpha value is -1.55. The second-order valence-corrected chi connectivity index (χ2v) is 6.52. The molecule has 4 nitrogen and oxygen atoms in total. The quantitative estimate of drug-likeness (QED) is 0.841. The standard InChI is InChI=1S/C18H28N2O2/c1-14-6-7-15(2)17(12-14)20(13-16(3)18(21)22)11-10-19-8-4-5-9-19/h6-7,12,16H,4-5,8-11,13H2,1-3H3,(H,21,22). The molecular weight excluding hydrogens is 276 g/mol. The largest absolute Gasteiger partial charge is 0.481 e. The van der Waals surface area contributed by atoms with Gasteiger partial charge in [0.05, 0.1) is 5.92 Å². The minimum Gasteiger partial charge on any atom is -0.481 e. The van der Waals surface area contributed by atoms with Crippen LogP contribution in [0, 0.1) is 19.8 Å². The first-order chi connectivity index (χ1) is 10.5. The summed E-state index contributed by atoms with van der Waals surface area (Å²) in [5, 5.41) is 9.24. The summed E-state index contributed by atoms with van der Waals surface area (Å²) in [4.78, 5) is 16.0. The van der Waals surface area contributed by atoms with E-state index in [0.29, 0.717) is 6.54 Å². The molecule has 1 aromatic rings. The molecule has 4 heteroatoms. The van der Waals surface area contributed by atoms with Crippen LogP contribution in [0.15, 0.2) is 18.2 Å². The SMILES string of the molecule is Cc1ccc(C)c(N(CCN2CCCC2)CC(C)C(=O)O)c1. The first-order valence-corrected chi connectivity index (χ1v) is 8.24. The third-order valence-electron chi connectivity index (χ3n) is 4.51. The Morgan fingerprint density at radius 2 is 2.00 bits per heavy atom. The first kappa shape index (κ1) is 16.8. The van der Waals surface area contributed by atoms with Crippen LogP contribution in [0.2, 0.25) is 0 Å². The fourth-order valence-corrected chi connectivity index (χ4v) is 3.05. The van der Waals surface area contributed by atoms with Gasteiger partial charge in [0, 0.05) is 25.3 Å². The highest BCUT2D eigenvalue weighted by Crippen LogP contribution is 2.23. The summed E-state index contributed by atoms with van der Waals surface area (Å²) in [5.41, 5.74) is 3.60. The van der Waals surface area contributed by atoms with Crippen LogP contribution in [0.1, 0.15) is 30.9 Å². The molecule has 0 amide bonds. The number of aliphatic carboxylic acids is 1. The van der Waals surface area contributed by atoms with E-state index in [0.717, 1.165) is 13.1 Å². The zero-order chi connectivity index (χ0) is 16.1. The molecule has 0 aromatic heterocycles. The van der Waals surface area contributed by atoms with E-state index in [4.69, 9.17) is 0 Å². The number of hydrogen-bond donors (Lipinski definition) is 1. The van der Waals surface area contributed by atoms with Crippen LogP contribution in [-0.2, 0) is 4.79 Å². The van der Waals surface area contributed by atoms with Crippen LogP contribution in [-0.4, -0.2) is 48.7 Å². The number of aryl methyl sites for hydroxylation is 2. The lowest BCUT2D eigenvalue weighted by atomic mass is 10.1. The smallest absolute Gasteiger partial charge is 0.308 e. The van der Waals surface area contributed by atoms with Gasteiger partial charge in [-0.25, -0.2) is 0 Å². The molecule has 122 valence electrons. The molecule has 1 saturated heterocycles. The molecule has 1 N–H and O–H groups in total. The molecule has 1 unspecified atom stereocenters. The Labute approximate surface area is 133 Å². The van der Waals surface area contributed by atoms with Crippen LogP contribution in [0.4, 0.5) is 5.69 Å². The van der Waals surface area contributed by atoms with Crippen LogP contribution in [0.25, 0.3) is 0 Å². The molecule has 0 saturated carbocycles. The topological polar surface area (TPSA) is 43.8 Å². The van der Waals surface area contributed by atoms with Crippen molar-refractivity contribution in [3.63, 3.8) is 0 Å². The summed E-state index contributed by atoms with van der Waals surface area (Å²) >= 11 is 0. The minimum absolute atomic E-state index is 0.363. The van der Waals surface area contributed by atoms with Gasteiger partial charge in [0.15, 0.2) is 0 Å². The summed E-state index contributed by atoms with van der Waals surface area (Å²) in [5.74, 6) is -1.09. The van der Waals surface area contributed by atoms with Gasteiger partial charge in [0.1, 0.15) is 0 Å². The summed E-state index contributed by atoms with van der Waals surface area (Å²) in [7, 11) is 0. The molecule has 2 rings (SSSR count). The number of rotatable bonds is 7. The van der Waals surface area contributed by atoms with Crippen molar-refractivity contribution in [2.75, 3.05) is 37.6 Å². The van der Waals surface area contributed by atoms with Gasteiger partial charge in [-0.15, -0.1) is 0 Å². The number of anilines is 1. The van der Waals surface area contributed by atoms with Gasteiger partial charge >= 0.3 is 5.97 Å². The molecule has 1 heterocycles. The number of nitrogens with zero attached hydrogens (tertiary/aromatic N) is 2. The molecule has 22 heavy (non-hydrogen) atoms. The minimum atomic E-state index is -0.725. The predicted molar refractivity (Wildman–Crippen MR) is 90.6 cm³/mol. The van der Waals surface area contributed by atoms with Crippen molar-refractivity contribution in [1.82, 2.24) is 4.90 Å². The molecule has 0 bridgehead atoms. The maximum Gasteiger partial charge on any atom is 0.308 e. The molecule has 1 aromatic carbocycles. The number of hydrogen-bond acceptors (Lipinski definition) is 3. The molecule has 0 radical (unpaired) electrons. The van der Waals surface area contributed by atoms with E-state index in [1.807, 2.05) is 0 Å². The van der Waals surface area contributed by atoms with Crippen LogP contribution in [0.3, 0.4) is 0 Å². The highest BCUT2D eigenvalue weighted by molar-refractivity contribution is 5.70. The zero-order valence-electron chi connectivity index (χ0n) is 14.0. The number of carboxylic acids is 1. The van der Waals surface area contributed by atoms with Gasteiger partial charge in [-0.1, -0.05) is 19.1 Å². The second-order valence-electron chi connectivity index (χ2n) is 6.52. The van der Waals surface area contributed by atoms with Crippen LogP contribution >= 0.6 is 0 Å². The van der Waals surface area contributed by atoms with E-state index < -0.39 is 5.97 Å². The Bertz CT molecular complexity index is 510. The second kappa shape index (κ2) is 7.63. The Morgan fingerprint density at radius 1 is 1.32 bits per heavy atom. The van der Waals surface area contributed by atoms with Gasteiger partial charge in [-0.2, -0.15) is 0 Å². The number of likely N-dealkylation sites (tertiary alicyclic amines) is 1. The maximum atomic E-state index is 11.2. The molecule has 0 spiro atoms. The Kier molecular flexibility index (Phi) is 5.83. The average molecular weight is 304 g/mol. The van der Waals surface area contributed by atoms with Crippen molar-refractivity contribution < 1.29 is 9.90 Å². The molecule has 1 fully saturated rings. The Balaban J connectivity index is 2.12. The third kappa shape index (κ3) is 4.47. The summed E-state index contributed by atoms with van der Waals surface area (Å²) in [6.45, 7) is 10.8. The van der Waals surface area contributed by atoms with Crippen LogP contribution < -0.4 is 4.90 Å². The molecule has 1 aliphatic heterocycles. The molecule has 1 atom stereocenters. The van der Waals surface area contributed by atoms with E-state index >= 15 is 0 Å². The highest BCUT2D eigenvalue weighted by atomic mass is 16.4. The van der Waals surface area contributed by atoms with Crippen molar-refractivity contribution in [3.8, 4) is 0 Å². The average Bonchev–Trinajstić information content (AvgIpc) is 2.99. The summed E-state index contributed by atoms with van der Waals surface area (Å²) < 4.78 is 0. The molecule has 1 aliphatic rings. The van der Waals surface area contributed by atoms with Gasteiger partial charge in [-0.05, 0) is 57.0 Å². The lowest BCUT2D eigenvalue weighted by molar-refractivity contribution is -0.140. The summed E-state index contributed by atoms with van der Waals surface area (Å²) in [6, 6.07) is 6.41. The van der Waals surface area contributed by atoms with Crippen LogP contribution in [0.5, 0.6) is 0 Å². The van der Waals surface area contributed by atoms with Crippen molar-refractivity contribution >= 4 is 11.7 Å². The fourth-order valence-electron chi connectivity index (χ4n) is 3.05. The van der Waals surface area contributed by atoms with Crippen molar-refractivity contribution in [2.24, 2.45) is 5.92 Å². The van der Waals surface area contributed by atoms with Gasteiger partial charge in [0.25, 0.3) is 0 Å². The number of carbonyl (C=O) groups is 1. The van der Waals surface area contributed by atoms with Crippen molar-refractivity contribution in [2.45, 2.75) is 33.6 Å². The predicted octanol–water partition coefficient (Wildman–Crippen LogP) is 2.93. The number of benzene rings is 1. The van der Waals surface area contributed by atoms with Gasteiger partial charge < -0.3 is 14.9 Å². The van der Waals surface area contributed by atoms with Gasteiger partial charge in [-0.3, -0.25) is 4.79 Å². The zero-order valence-corrected chi connectivity index (χ0v) is 14.0. The van der Waals surface area contributed by atoms with E-state index in [-0.39, 0.29) is 5.92 Å². The normalized spacial score (nSPS) is 16.7. The van der Waals surface area contributed by atoms with E-state index in [1.54, 1.807) is 6.92 Å².